The van der Waals surface area contributed by atoms with Crippen molar-refractivity contribution in [3.05, 3.63) is 42.7 Å². The molecule has 120 valence electrons. The lowest BCUT2D eigenvalue weighted by Crippen LogP contribution is -2.31. The lowest BCUT2D eigenvalue weighted by atomic mass is 10.2. The molecular weight excluding hydrogens is 322 g/mol. The molecule has 2 heterocycles. The summed E-state index contributed by atoms with van der Waals surface area (Å²) in [4.78, 5) is 21.2. The number of furan rings is 1. The Morgan fingerprint density at radius 3 is 2.92 bits per heavy atom. The maximum atomic E-state index is 12.1. The first-order valence-electron chi connectivity index (χ1n) is 7.37. The average Bonchev–Trinajstić information content (AvgIpc) is 3.14. The molecule has 1 unspecified atom stereocenters. The summed E-state index contributed by atoms with van der Waals surface area (Å²) in [5, 5.41) is 3.98. The van der Waals surface area contributed by atoms with Crippen molar-refractivity contribution in [2.75, 3.05) is 6.54 Å². The van der Waals surface area contributed by atoms with Crippen LogP contribution in [0.4, 0.5) is 0 Å². The maximum absolute atomic E-state index is 12.1. The molecule has 0 saturated carbocycles. The molecule has 0 aliphatic heterocycles. The van der Waals surface area contributed by atoms with Crippen LogP contribution in [0.2, 0.25) is 0 Å². The fraction of sp³-hybridized carbons (Fsp3) is 0.167. The molecule has 1 N–H and O–H groups in total. The van der Waals surface area contributed by atoms with Crippen molar-refractivity contribution >= 4 is 28.6 Å². The smallest absolute Gasteiger partial charge is 0.234 e. The van der Waals surface area contributed by atoms with E-state index in [9.17, 15) is 4.79 Å². The van der Waals surface area contributed by atoms with Crippen molar-refractivity contribution in [1.29, 1.82) is 0 Å². The summed E-state index contributed by atoms with van der Waals surface area (Å²) in [6, 6.07) is 11.3. The topological polar surface area (TPSA) is 68.0 Å². The molecule has 0 spiro atoms. The Hall–Kier alpha value is -2.78. The second-order valence-electron chi connectivity index (χ2n) is 5.03. The number of hydrogen-bond donors (Lipinski definition) is 1. The quantitative estimate of drug-likeness (QED) is 0.440. The van der Waals surface area contributed by atoms with Gasteiger partial charge in [-0.25, -0.2) is 9.97 Å². The molecule has 0 aliphatic rings. The van der Waals surface area contributed by atoms with Crippen LogP contribution in [-0.4, -0.2) is 27.7 Å². The van der Waals surface area contributed by atoms with Crippen molar-refractivity contribution in [2.45, 2.75) is 17.2 Å². The summed E-state index contributed by atoms with van der Waals surface area (Å²) in [5.41, 5.74) is 0.803. The van der Waals surface area contributed by atoms with E-state index in [1.54, 1.807) is 12.3 Å². The third-order valence-electron chi connectivity index (χ3n) is 3.33. The Kier molecular flexibility index (Phi) is 4.82. The standard InChI is InChI=1S/C18H15N3O2S/c1-3-10-19-17(22)12(2)24-18-13-7-4-5-8-14(13)20-16(21-18)15-9-6-11-23-15/h1,4-9,11-12H,10H2,2H3,(H,19,22). The normalized spacial score (nSPS) is 11.8. The van der Waals surface area contributed by atoms with Gasteiger partial charge in [-0.3, -0.25) is 4.79 Å². The molecular formula is C18H15N3O2S. The van der Waals surface area contributed by atoms with Gasteiger partial charge in [-0.05, 0) is 25.1 Å². The molecule has 1 aromatic carbocycles. The van der Waals surface area contributed by atoms with E-state index in [1.807, 2.05) is 37.3 Å². The number of aromatic nitrogens is 2. The predicted molar refractivity (Wildman–Crippen MR) is 94.4 cm³/mol. The van der Waals surface area contributed by atoms with E-state index in [2.05, 4.69) is 21.2 Å². The molecule has 3 rings (SSSR count). The predicted octanol–water partition coefficient (Wildman–Crippen LogP) is 3.12. The van der Waals surface area contributed by atoms with Crippen molar-refractivity contribution in [3.8, 4) is 23.9 Å². The van der Waals surface area contributed by atoms with Crippen molar-refractivity contribution in [1.82, 2.24) is 15.3 Å². The summed E-state index contributed by atoms with van der Waals surface area (Å²) in [6.07, 6.45) is 6.76. The van der Waals surface area contributed by atoms with E-state index in [1.165, 1.54) is 11.8 Å². The summed E-state index contributed by atoms with van der Waals surface area (Å²) in [7, 11) is 0. The number of terminal acetylenes is 1. The Balaban J connectivity index is 1.97. The van der Waals surface area contributed by atoms with Crippen molar-refractivity contribution in [3.63, 3.8) is 0 Å². The summed E-state index contributed by atoms with van der Waals surface area (Å²) in [5.74, 6) is 3.36. The minimum Gasteiger partial charge on any atom is -0.461 e. The molecule has 0 bridgehead atoms. The van der Waals surface area contributed by atoms with Gasteiger partial charge < -0.3 is 9.73 Å². The second kappa shape index (κ2) is 7.20. The molecule has 0 radical (unpaired) electrons. The monoisotopic (exact) mass is 337 g/mol. The van der Waals surface area contributed by atoms with Gasteiger partial charge in [0.1, 0.15) is 5.03 Å². The van der Waals surface area contributed by atoms with Crippen molar-refractivity contribution < 1.29 is 9.21 Å². The summed E-state index contributed by atoms with van der Waals surface area (Å²) >= 11 is 1.37. The lowest BCUT2D eigenvalue weighted by Gasteiger charge is -2.12. The van der Waals surface area contributed by atoms with Crippen molar-refractivity contribution in [2.24, 2.45) is 0 Å². The van der Waals surface area contributed by atoms with Gasteiger partial charge in [0, 0.05) is 5.39 Å². The fourth-order valence-corrected chi connectivity index (χ4v) is 3.12. The number of amides is 1. The van der Waals surface area contributed by atoms with Crippen LogP contribution >= 0.6 is 11.8 Å². The zero-order valence-electron chi connectivity index (χ0n) is 13.0. The number of para-hydroxylation sites is 1. The van der Waals surface area contributed by atoms with Gasteiger partial charge in [0.2, 0.25) is 5.91 Å². The van der Waals surface area contributed by atoms with Crippen LogP contribution in [0.25, 0.3) is 22.5 Å². The SMILES string of the molecule is C#CCNC(=O)C(C)Sc1nc(-c2ccco2)nc2ccccc12. The molecule has 3 aromatic rings. The van der Waals surface area contributed by atoms with E-state index in [0.717, 1.165) is 15.9 Å². The Morgan fingerprint density at radius 2 is 2.17 bits per heavy atom. The van der Waals surface area contributed by atoms with Gasteiger partial charge in [-0.15, -0.1) is 6.42 Å². The van der Waals surface area contributed by atoms with Crippen LogP contribution in [-0.2, 0) is 4.79 Å². The first kappa shape index (κ1) is 16.1. The maximum Gasteiger partial charge on any atom is 0.234 e. The van der Waals surface area contributed by atoms with E-state index < -0.39 is 0 Å². The Labute approximate surface area is 143 Å². The largest absolute Gasteiger partial charge is 0.461 e. The fourth-order valence-electron chi connectivity index (χ4n) is 2.16. The zero-order chi connectivity index (χ0) is 16.9. The van der Waals surface area contributed by atoms with Gasteiger partial charge in [-0.2, -0.15) is 0 Å². The summed E-state index contributed by atoms with van der Waals surface area (Å²) in [6.45, 7) is 2.03. The minimum atomic E-state index is -0.332. The highest BCUT2D eigenvalue weighted by Crippen LogP contribution is 2.31. The minimum absolute atomic E-state index is 0.125. The molecule has 2 aromatic heterocycles. The molecule has 0 aliphatic carbocycles. The van der Waals surface area contributed by atoms with Crippen LogP contribution in [0.3, 0.4) is 0 Å². The van der Waals surface area contributed by atoms with Gasteiger partial charge in [-0.1, -0.05) is 35.9 Å². The first-order valence-corrected chi connectivity index (χ1v) is 8.25. The number of nitrogens with one attached hydrogen (secondary N) is 1. The molecule has 0 saturated heterocycles. The number of carbonyl (C=O) groups is 1. The molecule has 5 nitrogen and oxygen atoms in total. The van der Waals surface area contributed by atoms with Crippen LogP contribution in [0.5, 0.6) is 0 Å². The average molecular weight is 337 g/mol. The molecule has 1 amide bonds. The van der Waals surface area contributed by atoms with Gasteiger partial charge in [0.25, 0.3) is 0 Å². The number of fused-ring (bicyclic) bond motifs is 1. The molecule has 6 heteroatoms. The lowest BCUT2D eigenvalue weighted by molar-refractivity contribution is -0.120. The highest BCUT2D eigenvalue weighted by Gasteiger charge is 2.18. The zero-order valence-corrected chi connectivity index (χ0v) is 13.8. The van der Waals surface area contributed by atoms with Gasteiger partial charge in [0.05, 0.1) is 23.6 Å². The number of nitrogens with zero attached hydrogens (tertiary/aromatic N) is 2. The van der Waals surface area contributed by atoms with E-state index in [-0.39, 0.29) is 17.7 Å². The number of benzene rings is 1. The highest BCUT2D eigenvalue weighted by molar-refractivity contribution is 8.00. The number of carbonyl (C=O) groups excluding carboxylic acids is 1. The van der Waals surface area contributed by atoms with Crippen LogP contribution < -0.4 is 5.32 Å². The Bertz CT molecular complexity index is 900. The van der Waals surface area contributed by atoms with Gasteiger partial charge >= 0.3 is 0 Å². The van der Waals surface area contributed by atoms with Crippen LogP contribution in [0, 0.1) is 12.3 Å². The number of thioether (sulfide) groups is 1. The third-order valence-corrected chi connectivity index (χ3v) is 4.43. The molecule has 24 heavy (non-hydrogen) atoms. The summed E-state index contributed by atoms with van der Waals surface area (Å²) < 4.78 is 5.39. The van der Waals surface area contributed by atoms with Crippen LogP contribution in [0.1, 0.15) is 6.92 Å². The van der Waals surface area contributed by atoms with Crippen LogP contribution in [0.15, 0.2) is 52.1 Å². The first-order chi connectivity index (χ1) is 11.7. The second-order valence-corrected chi connectivity index (χ2v) is 6.36. The number of hydrogen-bond acceptors (Lipinski definition) is 5. The van der Waals surface area contributed by atoms with E-state index in [0.29, 0.717) is 11.6 Å². The molecule has 0 fully saturated rings. The van der Waals surface area contributed by atoms with E-state index >= 15 is 0 Å². The van der Waals surface area contributed by atoms with E-state index in [4.69, 9.17) is 10.8 Å². The third kappa shape index (κ3) is 3.42. The molecule has 1 atom stereocenters. The van der Waals surface area contributed by atoms with Gasteiger partial charge in [0.15, 0.2) is 11.6 Å². The Morgan fingerprint density at radius 1 is 1.33 bits per heavy atom. The highest BCUT2D eigenvalue weighted by atomic mass is 32.2. The number of rotatable bonds is 5.